The minimum absolute atomic E-state index is 0.0298. The molecule has 2 rings (SSSR count). The highest BCUT2D eigenvalue weighted by molar-refractivity contribution is 5.95. The number of carbonyl (C=O) groups is 2. The lowest BCUT2D eigenvalue weighted by atomic mass is 10.0. The Morgan fingerprint density at radius 3 is 2.35 bits per heavy atom. The molecule has 0 spiro atoms. The van der Waals surface area contributed by atoms with Gasteiger partial charge in [0.15, 0.2) is 0 Å². The fourth-order valence-electron chi connectivity index (χ4n) is 3.47. The number of benzene rings is 2. The van der Waals surface area contributed by atoms with Gasteiger partial charge in [-0.05, 0) is 81.6 Å². The number of hydrogen-bond donors (Lipinski definition) is 5. The number of aryl methyl sites for hydroxylation is 2. The molecule has 8 nitrogen and oxygen atoms in total. The molecular weight excluding hydrogens is 430 g/mol. The normalized spacial score (nSPS) is 11.4. The second kappa shape index (κ2) is 11.9. The average Bonchev–Trinajstić information content (AvgIpc) is 2.77. The molecule has 2 aromatic rings. The fourth-order valence-corrected chi connectivity index (χ4v) is 3.47. The highest BCUT2D eigenvalue weighted by Crippen LogP contribution is 2.27. The molecule has 1 amide bonds. The summed E-state index contributed by atoms with van der Waals surface area (Å²) in [4.78, 5) is 25.6. The van der Waals surface area contributed by atoms with Crippen molar-refractivity contribution in [1.82, 2.24) is 0 Å². The van der Waals surface area contributed by atoms with Crippen LogP contribution in [-0.2, 0) is 9.59 Å². The third kappa shape index (κ3) is 7.09. The maximum absolute atomic E-state index is 12.9. The lowest BCUT2D eigenvalue weighted by Gasteiger charge is -2.29. The number of rotatable bonds is 9. The largest absolute Gasteiger partial charge is 0.480 e. The van der Waals surface area contributed by atoms with Crippen LogP contribution < -0.4 is 21.7 Å². The molecule has 1 unspecified atom stereocenters. The van der Waals surface area contributed by atoms with E-state index in [9.17, 15) is 9.59 Å². The molecule has 7 N–H and O–H groups in total. The van der Waals surface area contributed by atoms with Crippen molar-refractivity contribution in [2.75, 3.05) is 16.8 Å². The van der Waals surface area contributed by atoms with Gasteiger partial charge in [-0.3, -0.25) is 15.0 Å². The summed E-state index contributed by atoms with van der Waals surface area (Å²) in [6.07, 6.45) is 0.147. The van der Waals surface area contributed by atoms with E-state index in [1.807, 2.05) is 52.0 Å². The molecule has 8 heteroatoms. The summed E-state index contributed by atoms with van der Waals surface area (Å²) in [6.45, 7) is 8.17. The zero-order valence-corrected chi connectivity index (χ0v) is 20.1. The van der Waals surface area contributed by atoms with E-state index >= 15 is 0 Å². The van der Waals surface area contributed by atoms with Crippen molar-refractivity contribution in [3.8, 4) is 11.8 Å². The first-order valence-corrected chi connectivity index (χ1v) is 11.1. The number of anilines is 2. The monoisotopic (exact) mass is 463 g/mol. The highest BCUT2D eigenvalue weighted by atomic mass is 16.4. The molecule has 0 bridgehead atoms. The first kappa shape index (κ1) is 26.4. The van der Waals surface area contributed by atoms with Crippen molar-refractivity contribution in [3.63, 3.8) is 0 Å². The molecule has 2 aromatic carbocycles. The Bertz CT molecular complexity index is 1110. The van der Waals surface area contributed by atoms with E-state index in [1.54, 1.807) is 17.0 Å². The standard InChI is InChI=1S/C26H33N5O3/c1-16(2)31(24(32)12-11-22(27)26(33)34)23-15-17(3)20(14-18(23)4)6-5-13-30-21-9-7-19(8-10-21)25(28)29/h7-10,14-16,22,30H,11-13,27H2,1-4H3,(H3,28,29)(H,33,34). The zero-order chi connectivity index (χ0) is 25.4. The zero-order valence-electron chi connectivity index (χ0n) is 20.1. The van der Waals surface area contributed by atoms with E-state index < -0.39 is 12.0 Å². The Kier molecular flexibility index (Phi) is 9.22. The van der Waals surface area contributed by atoms with Crippen LogP contribution in [0, 0.1) is 31.1 Å². The van der Waals surface area contributed by atoms with Crippen molar-refractivity contribution < 1.29 is 14.7 Å². The first-order chi connectivity index (χ1) is 16.0. The second-order valence-corrected chi connectivity index (χ2v) is 8.44. The Hall–Kier alpha value is -3.83. The molecular formula is C26H33N5O3. The van der Waals surface area contributed by atoms with Crippen LogP contribution in [0.4, 0.5) is 11.4 Å². The lowest BCUT2D eigenvalue weighted by Crippen LogP contribution is -2.39. The van der Waals surface area contributed by atoms with Gasteiger partial charge < -0.3 is 26.8 Å². The fraction of sp³-hybridized carbons (Fsp3) is 0.346. The minimum Gasteiger partial charge on any atom is -0.480 e. The Balaban J connectivity index is 2.12. The van der Waals surface area contributed by atoms with Crippen LogP contribution in [0.5, 0.6) is 0 Å². The Labute approximate surface area is 200 Å². The molecule has 0 aliphatic heterocycles. The van der Waals surface area contributed by atoms with Gasteiger partial charge in [0.1, 0.15) is 11.9 Å². The Morgan fingerprint density at radius 2 is 1.79 bits per heavy atom. The second-order valence-electron chi connectivity index (χ2n) is 8.44. The van der Waals surface area contributed by atoms with Crippen LogP contribution in [0.1, 0.15) is 48.9 Å². The predicted molar refractivity (Wildman–Crippen MR) is 136 cm³/mol. The topological polar surface area (TPSA) is 146 Å². The molecule has 0 saturated heterocycles. The molecule has 0 aromatic heterocycles. The maximum atomic E-state index is 12.9. The van der Waals surface area contributed by atoms with E-state index in [0.29, 0.717) is 12.1 Å². The number of nitrogens with zero attached hydrogens (tertiary/aromatic N) is 1. The molecule has 180 valence electrons. The van der Waals surface area contributed by atoms with Crippen LogP contribution in [-0.4, -0.2) is 41.4 Å². The third-order valence-electron chi connectivity index (χ3n) is 5.37. The molecule has 0 saturated carbocycles. The quantitative estimate of drug-likeness (QED) is 0.220. The lowest BCUT2D eigenvalue weighted by molar-refractivity contribution is -0.138. The number of carboxylic acids is 1. The van der Waals surface area contributed by atoms with Crippen molar-refractivity contribution in [1.29, 1.82) is 5.41 Å². The van der Waals surface area contributed by atoms with Crippen LogP contribution in [0.15, 0.2) is 36.4 Å². The molecule has 0 radical (unpaired) electrons. The summed E-state index contributed by atoms with van der Waals surface area (Å²) in [5.41, 5.74) is 16.1. The number of amidine groups is 1. The number of amides is 1. The first-order valence-electron chi connectivity index (χ1n) is 11.1. The van der Waals surface area contributed by atoms with E-state index in [4.69, 9.17) is 22.0 Å². The maximum Gasteiger partial charge on any atom is 0.320 e. The van der Waals surface area contributed by atoms with Gasteiger partial charge in [-0.25, -0.2) is 0 Å². The van der Waals surface area contributed by atoms with Gasteiger partial charge >= 0.3 is 5.97 Å². The van der Waals surface area contributed by atoms with Gasteiger partial charge in [-0.15, -0.1) is 0 Å². The molecule has 0 aliphatic carbocycles. The number of nitrogens with one attached hydrogen (secondary N) is 2. The van der Waals surface area contributed by atoms with Crippen LogP contribution >= 0.6 is 0 Å². The summed E-state index contributed by atoms with van der Waals surface area (Å²) in [5.74, 6) is 5.05. The number of hydrogen-bond acceptors (Lipinski definition) is 5. The molecule has 34 heavy (non-hydrogen) atoms. The number of carbonyl (C=O) groups excluding carboxylic acids is 1. The van der Waals surface area contributed by atoms with Gasteiger partial charge in [0.05, 0.1) is 6.54 Å². The number of nitrogen functional groups attached to an aromatic ring is 1. The SMILES string of the molecule is Cc1cc(N(C(=O)CCC(N)C(=O)O)C(C)C)c(C)cc1C#CCNc1ccc(C(=N)N)cc1. The van der Waals surface area contributed by atoms with Gasteiger partial charge in [-0.2, -0.15) is 0 Å². The van der Waals surface area contributed by atoms with Crippen molar-refractivity contribution >= 4 is 29.1 Å². The van der Waals surface area contributed by atoms with Gasteiger partial charge in [-0.1, -0.05) is 11.8 Å². The van der Waals surface area contributed by atoms with E-state index in [2.05, 4.69) is 17.2 Å². The smallest absolute Gasteiger partial charge is 0.320 e. The summed E-state index contributed by atoms with van der Waals surface area (Å²) in [5, 5.41) is 19.6. The van der Waals surface area contributed by atoms with E-state index in [1.165, 1.54) is 0 Å². The molecule has 0 fully saturated rings. The van der Waals surface area contributed by atoms with Crippen molar-refractivity contribution in [2.45, 2.75) is 52.6 Å². The molecule has 0 aliphatic rings. The van der Waals surface area contributed by atoms with Gasteiger partial charge in [0.2, 0.25) is 5.91 Å². The highest BCUT2D eigenvalue weighted by Gasteiger charge is 2.23. The third-order valence-corrected chi connectivity index (χ3v) is 5.37. The van der Waals surface area contributed by atoms with Crippen LogP contribution in [0.3, 0.4) is 0 Å². The van der Waals surface area contributed by atoms with Gasteiger partial charge in [0, 0.05) is 35.0 Å². The molecule has 0 heterocycles. The van der Waals surface area contributed by atoms with Gasteiger partial charge in [0.25, 0.3) is 0 Å². The minimum atomic E-state index is -1.11. The number of aliphatic carboxylic acids is 1. The van der Waals surface area contributed by atoms with Crippen LogP contribution in [0.25, 0.3) is 0 Å². The average molecular weight is 464 g/mol. The Morgan fingerprint density at radius 1 is 1.15 bits per heavy atom. The summed E-state index contributed by atoms with van der Waals surface area (Å²) < 4.78 is 0. The summed E-state index contributed by atoms with van der Waals surface area (Å²) in [7, 11) is 0. The van der Waals surface area contributed by atoms with Crippen molar-refractivity contribution in [3.05, 3.63) is 58.7 Å². The van der Waals surface area contributed by atoms with Crippen molar-refractivity contribution in [2.24, 2.45) is 11.5 Å². The summed E-state index contributed by atoms with van der Waals surface area (Å²) in [6, 6.07) is 10.0. The van der Waals surface area contributed by atoms with E-state index in [-0.39, 0.29) is 30.6 Å². The predicted octanol–water partition coefficient (Wildman–Crippen LogP) is 2.98. The number of nitrogens with two attached hydrogens (primary N) is 2. The van der Waals surface area contributed by atoms with E-state index in [0.717, 1.165) is 28.1 Å². The number of carboxylic acid groups (broad SMARTS) is 1. The molecule has 1 atom stereocenters. The summed E-state index contributed by atoms with van der Waals surface area (Å²) >= 11 is 0. The van der Waals surface area contributed by atoms with Crippen LogP contribution in [0.2, 0.25) is 0 Å².